The molecule has 10 nitrogen and oxygen atoms in total. The standard InChI is InChI=1S/C18H17N3O7/c1-11(22)19-12-7-8-16(27-2)14(9-12)20-17(23)10-28-18(24)13-5-3-4-6-15(13)21(25)26/h3-9H,10H2,1-2H3,(H,19,22)(H,20,23). The Labute approximate surface area is 159 Å². The second-order valence-electron chi connectivity index (χ2n) is 5.49. The maximum absolute atomic E-state index is 12.1. The van der Waals surface area contributed by atoms with Crippen LogP contribution in [0.4, 0.5) is 17.1 Å². The van der Waals surface area contributed by atoms with Crippen molar-refractivity contribution in [3.63, 3.8) is 0 Å². The molecule has 0 bridgehead atoms. The van der Waals surface area contributed by atoms with Crippen LogP contribution in [0.15, 0.2) is 42.5 Å². The zero-order valence-electron chi connectivity index (χ0n) is 15.1. The van der Waals surface area contributed by atoms with Crippen LogP contribution in [0.3, 0.4) is 0 Å². The number of carbonyl (C=O) groups is 3. The minimum Gasteiger partial charge on any atom is -0.495 e. The van der Waals surface area contributed by atoms with Crippen LogP contribution < -0.4 is 15.4 Å². The molecule has 2 aromatic rings. The number of hydrogen-bond acceptors (Lipinski definition) is 7. The summed E-state index contributed by atoms with van der Waals surface area (Å²) in [6.45, 7) is 0.670. The second kappa shape index (κ2) is 9.12. The van der Waals surface area contributed by atoms with E-state index in [1.54, 1.807) is 12.1 Å². The molecule has 2 aromatic carbocycles. The van der Waals surface area contributed by atoms with Crippen molar-refractivity contribution in [1.29, 1.82) is 0 Å². The van der Waals surface area contributed by atoms with Gasteiger partial charge in [0.1, 0.15) is 11.3 Å². The summed E-state index contributed by atoms with van der Waals surface area (Å²) in [6.07, 6.45) is 0. The van der Waals surface area contributed by atoms with Crippen molar-refractivity contribution in [2.45, 2.75) is 6.92 Å². The number of rotatable bonds is 7. The fraction of sp³-hybridized carbons (Fsp3) is 0.167. The molecule has 146 valence electrons. The van der Waals surface area contributed by atoms with Crippen LogP contribution in [-0.4, -0.2) is 36.4 Å². The van der Waals surface area contributed by atoms with E-state index in [0.717, 1.165) is 6.07 Å². The van der Waals surface area contributed by atoms with E-state index in [1.807, 2.05) is 0 Å². The fourth-order valence-corrected chi connectivity index (χ4v) is 2.29. The van der Waals surface area contributed by atoms with Crippen LogP contribution in [-0.2, 0) is 14.3 Å². The first-order chi connectivity index (χ1) is 13.3. The van der Waals surface area contributed by atoms with Gasteiger partial charge in [-0.25, -0.2) is 4.79 Å². The summed E-state index contributed by atoms with van der Waals surface area (Å²) in [5.41, 5.74) is 0.00381. The Bertz CT molecular complexity index is 927. The molecule has 0 aliphatic carbocycles. The van der Waals surface area contributed by atoms with Crippen molar-refractivity contribution in [2.75, 3.05) is 24.4 Å². The van der Waals surface area contributed by atoms with E-state index < -0.39 is 29.1 Å². The SMILES string of the molecule is COc1ccc(NC(C)=O)cc1NC(=O)COC(=O)c1ccccc1[N+](=O)[O-]. The molecule has 2 N–H and O–H groups in total. The molecule has 0 saturated heterocycles. The van der Waals surface area contributed by atoms with Gasteiger partial charge in [0.05, 0.1) is 17.7 Å². The molecule has 0 unspecified atom stereocenters. The van der Waals surface area contributed by atoms with Crippen LogP contribution in [0.1, 0.15) is 17.3 Å². The Hall–Kier alpha value is -3.95. The first kappa shape index (κ1) is 20.4. The average Bonchev–Trinajstić information content (AvgIpc) is 2.66. The van der Waals surface area contributed by atoms with Crippen LogP contribution in [0.2, 0.25) is 0 Å². The van der Waals surface area contributed by atoms with Gasteiger partial charge in [-0.1, -0.05) is 12.1 Å². The molecule has 2 rings (SSSR count). The quantitative estimate of drug-likeness (QED) is 0.423. The van der Waals surface area contributed by atoms with E-state index in [9.17, 15) is 24.5 Å². The number of anilines is 2. The summed E-state index contributed by atoms with van der Waals surface area (Å²) in [7, 11) is 1.40. The van der Waals surface area contributed by atoms with E-state index in [1.165, 1.54) is 38.3 Å². The van der Waals surface area contributed by atoms with E-state index >= 15 is 0 Å². The molecule has 28 heavy (non-hydrogen) atoms. The van der Waals surface area contributed by atoms with Gasteiger partial charge in [0, 0.05) is 18.7 Å². The number of carbonyl (C=O) groups excluding carboxylic acids is 3. The fourth-order valence-electron chi connectivity index (χ4n) is 2.29. The van der Waals surface area contributed by atoms with Crippen molar-refractivity contribution in [3.05, 3.63) is 58.1 Å². The second-order valence-corrected chi connectivity index (χ2v) is 5.49. The highest BCUT2D eigenvalue weighted by atomic mass is 16.6. The number of amides is 2. The van der Waals surface area contributed by atoms with Crippen molar-refractivity contribution in [2.24, 2.45) is 0 Å². The zero-order chi connectivity index (χ0) is 20.7. The van der Waals surface area contributed by atoms with Gasteiger partial charge in [0.25, 0.3) is 11.6 Å². The molecule has 0 heterocycles. The predicted molar refractivity (Wildman–Crippen MR) is 99.3 cm³/mol. The van der Waals surface area contributed by atoms with Crippen molar-refractivity contribution < 1.29 is 28.8 Å². The lowest BCUT2D eigenvalue weighted by molar-refractivity contribution is -0.385. The molecule has 0 radical (unpaired) electrons. The first-order valence-corrected chi connectivity index (χ1v) is 7.98. The van der Waals surface area contributed by atoms with Crippen molar-refractivity contribution >= 4 is 34.8 Å². The molecule has 0 spiro atoms. The Balaban J connectivity index is 2.05. The molecule has 0 aliphatic heterocycles. The summed E-state index contributed by atoms with van der Waals surface area (Å²) in [5, 5.41) is 16.0. The zero-order valence-corrected chi connectivity index (χ0v) is 15.1. The number of para-hydroxylation sites is 1. The van der Waals surface area contributed by atoms with Gasteiger partial charge in [-0.3, -0.25) is 19.7 Å². The van der Waals surface area contributed by atoms with Crippen LogP contribution in [0, 0.1) is 10.1 Å². The number of ether oxygens (including phenoxy) is 2. The van der Waals surface area contributed by atoms with Gasteiger partial charge >= 0.3 is 5.97 Å². The molecule has 2 amide bonds. The average molecular weight is 387 g/mol. The molecule has 0 aliphatic rings. The molecule has 0 aromatic heterocycles. The molecule has 0 fully saturated rings. The van der Waals surface area contributed by atoms with E-state index in [-0.39, 0.29) is 17.2 Å². The minimum absolute atomic E-state index is 0.250. The van der Waals surface area contributed by atoms with Gasteiger partial charge in [0.15, 0.2) is 6.61 Å². The third-order valence-corrected chi connectivity index (χ3v) is 3.45. The highest BCUT2D eigenvalue weighted by molar-refractivity contribution is 5.98. The van der Waals surface area contributed by atoms with E-state index in [4.69, 9.17) is 9.47 Å². The topological polar surface area (TPSA) is 137 Å². The van der Waals surface area contributed by atoms with Crippen molar-refractivity contribution in [1.82, 2.24) is 0 Å². The Kier molecular flexibility index (Phi) is 6.63. The molecular formula is C18H17N3O7. The number of benzene rings is 2. The molecule has 0 saturated carbocycles. The molecular weight excluding hydrogens is 370 g/mol. The number of hydrogen-bond donors (Lipinski definition) is 2. The smallest absolute Gasteiger partial charge is 0.345 e. The normalized spacial score (nSPS) is 9.93. The summed E-state index contributed by atoms with van der Waals surface area (Å²) in [5.74, 6) is -1.65. The lowest BCUT2D eigenvalue weighted by Crippen LogP contribution is -2.21. The Morgan fingerprint density at radius 2 is 1.82 bits per heavy atom. The van der Waals surface area contributed by atoms with Gasteiger partial charge in [-0.2, -0.15) is 0 Å². The highest BCUT2D eigenvalue weighted by Crippen LogP contribution is 2.28. The number of methoxy groups -OCH3 is 1. The van der Waals surface area contributed by atoms with Crippen LogP contribution in [0.5, 0.6) is 5.75 Å². The minimum atomic E-state index is -0.999. The highest BCUT2D eigenvalue weighted by Gasteiger charge is 2.21. The largest absolute Gasteiger partial charge is 0.495 e. The van der Waals surface area contributed by atoms with E-state index in [2.05, 4.69) is 10.6 Å². The van der Waals surface area contributed by atoms with E-state index in [0.29, 0.717) is 11.4 Å². The maximum Gasteiger partial charge on any atom is 0.345 e. The third-order valence-electron chi connectivity index (χ3n) is 3.45. The Morgan fingerprint density at radius 3 is 2.46 bits per heavy atom. The number of esters is 1. The summed E-state index contributed by atoms with van der Waals surface area (Å²) < 4.78 is 9.99. The summed E-state index contributed by atoms with van der Waals surface area (Å²) >= 11 is 0. The summed E-state index contributed by atoms with van der Waals surface area (Å²) in [4.78, 5) is 45.5. The van der Waals surface area contributed by atoms with Crippen molar-refractivity contribution in [3.8, 4) is 5.75 Å². The predicted octanol–water partition coefficient (Wildman–Crippen LogP) is 2.36. The third kappa shape index (κ3) is 5.27. The van der Waals surface area contributed by atoms with Crippen LogP contribution in [0.25, 0.3) is 0 Å². The first-order valence-electron chi connectivity index (χ1n) is 7.98. The van der Waals surface area contributed by atoms with Gasteiger partial charge < -0.3 is 20.1 Å². The molecule has 10 heteroatoms. The lowest BCUT2D eigenvalue weighted by atomic mass is 10.2. The number of nitro benzene ring substituents is 1. The summed E-state index contributed by atoms with van der Waals surface area (Å²) in [6, 6.07) is 9.86. The maximum atomic E-state index is 12.1. The number of nitrogens with zero attached hydrogens (tertiary/aromatic N) is 1. The van der Waals surface area contributed by atoms with Gasteiger partial charge in [-0.15, -0.1) is 0 Å². The monoisotopic (exact) mass is 387 g/mol. The molecule has 0 atom stereocenters. The number of nitrogens with one attached hydrogen (secondary N) is 2. The Morgan fingerprint density at radius 1 is 1.11 bits per heavy atom. The van der Waals surface area contributed by atoms with Crippen LogP contribution >= 0.6 is 0 Å². The van der Waals surface area contributed by atoms with Gasteiger partial charge in [0.2, 0.25) is 5.91 Å². The van der Waals surface area contributed by atoms with Gasteiger partial charge in [-0.05, 0) is 24.3 Å². The number of nitro groups is 1. The lowest BCUT2D eigenvalue weighted by Gasteiger charge is -2.12.